The second kappa shape index (κ2) is 3.97. The van der Waals surface area contributed by atoms with Gasteiger partial charge in [0.2, 0.25) is 0 Å². The third kappa shape index (κ3) is 1.48. The molecular weight excluding hydrogens is 239 g/mol. The minimum absolute atomic E-state index is 0.438. The number of alkyl halides is 1. The van der Waals surface area contributed by atoms with E-state index in [9.17, 15) is 0 Å². The van der Waals surface area contributed by atoms with E-state index in [0.717, 1.165) is 26.4 Å². The fourth-order valence-electron chi connectivity index (χ4n) is 1.45. The van der Waals surface area contributed by atoms with Crippen molar-refractivity contribution >= 4 is 44.6 Å². The zero-order chi connectivity index (χ0) is 10.1. The standard InChI is InChI=1S/C10H8Cl2OS/c1-13-9-4-8(12)10-6(2-3-14-10)7(9)5-11/h2-4H,5H2,1H3. The van der Waals surface area contributed by atoms with Crippen molar-refractivity contribution in [3.63, 3.8) is 0 Å². The number of halogens is 2. The van der Waals surface area contributed by atoms with E-state index in [1.165, 1.54) is 0 Å². The molecule has 0 fully saturated rings. The molecule has 1 nitrogen and oxygen atoms in total. The van der Waals surface area contributed by atoms with Crippen LogP contribution in [0.5, 0.6) is 5.75 Å². The number of hydrogen-bond donors (Lipinski definition) is 0. The molecule has 0 saturated heterocycles. The zero-order valence-corrected chi connectivity index (χ0v) is 9.84. The van der Waals surface area contributed by atoms with E-state index < -0.39 is 0 Å². The quantitative estimate of drug-likeness (QED) is 0.719. The number of hydrogen-bond acceptors (Lipinski definition) is 2. The largest absolute Gasteiger partial charge is 0.496 e. The second-order valence-electron chi connectivity index (χ2n) is 2.84. The van der Waals surface area contributed by atoms with E-state index in [4.69, 9.17) is 27.9 Å². The minimum atomic E-state index is 0.438. The normalized spacial score (nSPS) is 10.8. The van der Waals surface area contributed by atoms with E-state index >= 15 is 0 Å². The van der Waals surface area contributed by atoms with Crippen LogP contribution in [0, 0.1) is 0 Å². The molecule has 0 radical (unpaired) electrons. The van der Waals surface area contributed by atoms with Crippen LogP contribution in [0.25, 0.3) is 10.1 Å². The Kier molecular flexibility index (Phi) is 2.86. The number of ether oxygens (including phenoxy) is 1. The van der Waals surface area contributed by atoms with Crippen molar-refractivity contribution in [2.24, 2.45) is 0 Å². The Labute approximate surface area is 96.2 Å². The highest BCUT2D eigenvalue weighted by atomic mass is 35.5. The summed E-state index contributed by atoms with van der Waals surface area (Å²) in [4.78, 5) is 0. The maximum atomic E-state index is 6.10. The van der Waals surface area contributed by atoms with Crippen LogP contribution in [0.4, 0.5) is 0 Å². The maximum Gasteiger partial charge on any atom is 0.125 e. The van der Waals surface area contributed by atoms with Crippen molar-refractivity contribution < 1.29 is 4.74 Å². The van der Waals surface area contributed by atoms with Gasteiger partial charge in [0.15, 0.2) is 0 Å². The monoisotopic (exact) mass is 246 g/mol. The molecule has 4 heteroatoms. The van der Waals surface area contributed by atoms with Gasteiger partial charge in [0.05, 0.1) is 22.7 Å². The van der Waals surface area contributed by atoms with E-state index in [1.807, 2.05) is 17.5 Å². The molecular formula is C10H8Cl2OS. The Morgan fingerprint density at radius 3 is 2.93 bits per heavy atom. The van der Waals surface area contributed by atoms with Crippen molar-refractivity contribution in [3.05, 3.63) is 28.1 Å². The lowest BCUT2D eigenvalue weighted by Crippen LogP contribution is -1.90. The Morgan fingerprint density at radius 2 is 2.29 bits per heavy atom. The van der Waals surface area contributed by atoms with Crippen molar-refractivity contribution in [1.82, 2.24) is 0 Å². The molecule has 2 rings (SSSR count). The zero-order valence-electron chi connectivity index (χ0n) is 7.51. The van der Waals surface area contributed by atoms with Crippen LogP contribution in [0.1, 0.15) is 5.56 Å². The lowest BCUT2D eigenvalue weighted by Gasteiger charge is -2.08. The first-order valence-electron chi connectivity index (χ1n) is 4.06. The summed E-state index contributed by atoms with van der Waals surface area (Å²) >= 11 is 13.6. The number of benzene rings is 1. The Bertz CT molecular complexity index is 464. The molecule has 0 amide bonds. The van der Waals surface area contributed by atoms with E-state index in [-0.39, 0.29) is 0 Å². The summed E-state index contributed by atoms with van der Waals surface area (Å²) in [6, 6.07) is 3.84. The van der Waals surface area contributed by atoms with Gasteiger partial charge in [-0.1, -0.05) is 11.6 Å². The topological polar surface area (TPSA) is 9.23 Å². The lowest BCUT2D eigenvalue weighted by molar-refractivity contribution is 0.412. The number of rotatable bonds is 2. The summed E-state index contributed by atoms with van der Waals surface area (Å²) in [5.41, 5.74) is 1.01. The highest BCUT2D eigenvalue weighted by Gasteiger charge is 2.11. The van der Waals surface area contributed by atoms with Gasteiger partial charge in [-0.2, -0.15) is 0 Å². The highest BCUT2D eigenvalue weighted by molar-refractivity contribution is 7.17. The Morgan fingerprint density at radius 1 is 1.50 bits per heavy atom. The van der Waals surface area contributed by atoms with E-state index in [0.29, 0.717) is 5.88 Å². The predicted octanol–water partition coefficient (Wildman–Crippen LogP) is 4.30. The maximum absolute atomic E-state index is 6.10. The fourth-order valence-corrected chi connectivity index (χ4v) is 2.89. The summed E-state index contributed by atoms with van der Waals surface area (Å²) in [6.45, 7) is 0. The molecule has 1 aromatic carbocycles. The van der Waals surface area contributed by atoms with Crippen LogP contribution in [0.15, 0.2) is 17.5 Å². The van der Waals surface area contributed by atoms with Crippen molar-refractivity contribution in [1.29, 1.82) is 0 Å². The first kappa shape index (κ1) is 10.1. The molecule has 0 aliphatic carbocycles. The third-order valence-electron chi connectivity index (χ3n) is 2.12. The van der Waals surface area contributed by atoms with Crippen LogP contribution in [0.2, 0.25) is 5.02 Å². The van der Waals surface area contributed by atoms with Crippen LogP contribution < -0.4 is 4.74 Å². The molecule has 1 aromatic heterocycles. The van der Waals surface area contributed by atoms with E-state index in [2.05, 4.69) is 0 Å². The Balaban J connectivity index is 2.82. The minimum Gasteiger partial charge on any atom is -0.496 e. The summed E-state index contributed by atoms with van der Waals surface area (Å²) in [5.74, 6) is 1.20. The van der Waals surface area contributed by atoms with Gasteiger partial charge in [-0.15, -0.1) is 22.9 Å². The molecule has 0 unspecified atom stereocenters. The van der Waals surface area contributed by atoms with Crippen molar-refractivity contribution in [3.8, 4) is 5.75 Å². The molecule has 0 saturated carbocycles. The van der Waals surface area contributed by atoms with Gasteiger partial charge in [-0.25, -0.2) is 0 Å². The van der Waals surface area contributed by atoms with Gasteiger partial charge < -0.3 is 4.74 Å². The van der Waals surface area contributed by atoms with Gasteiger partial charge in [0.25, 0.3) is 0 Å². The molecule has 0 bridgehead atoms. The van der Waals surface area contributed by atoms with Gasteiger partial charge >= 0.3 is 0 Å². The second-order valence-corrected chi connectivity index (χ2v) is 4.43. The fraction of sp³-hybridized carbons (Fsp3) is 0.200. The molecule has 0 N–H and O–H groups in total. The van der Waals surface area contributed by atoms with Crippen LogP contribution in [-0.4, -0.2) is 7.11 Å². The SMILES string of the molecule is COc1cc(Cl)c2sccc2c1CCl. The van der Waals surface area contributed by atoms with Gasteiger partial charge in [-0.3, -0.25) is 0 Å². The number of thiophene rings is 1. The Hall–Kier alpha value is -0.440. The molecule has 0 atom stereocenters. The number of fused-ring (bicyclic) bond motifs is 1. The van der Waals surface area contributed by atoms with Crippen LogP contribution in [0.3, 0.4) is 0 Å². The average molecular weight is 247 g/mol. The van der Waals surface area contributed by atoms with Gasteiger partial charge in [-0.05, 0) is 11.4 Å². The number of methoxy groups -OCH3 is 1. The van der Waals surface area contributed by atoms with Crippen LogP contribution in [-0.2, 0) is 5.88 Å². The predicted molar refractivity (Wildman–Crippen MR) is 62.9 cm³/mol. The van der Waals surface area contributed by atoms with Gasteiger partial charge in [0.1, 0.15) is 5.75 Å². The molecule has 74 valence electrons. The molecule has 0 spiro atoms. The molecule has 1 heterocycles. The van der Waals surface area contributed by atoms with Gasteiger partial charge in [0, 0.05) is 17.0 Å². The molecule has 2 aromatic rings. The molecule has 0 aliphatic rings. The summed E-state index contributed by atoms with van der Waals surface area (Å²) < 4.78 is 6.30. The summed E-state index contributed by atoms with van der Waals surface area (Å²) in [6.07, 6.45) is 0. The summed E-state index contributed by atoms with van der Waals surface area (Å²) in [7, 11) is 1.62. The lowest BCUT2D eigenvalue weighted by atomic mass is 10.1. The third-order valence-corrected chi connectivity index (χ3v) is 3.74. The van der Waals surface area contributed by atoms with Crippen LogP contribution >= 0.6 is 34.5 Å². The molecule has 0 aliphatic heterocycles. The smallest absolute Gasteiger partial charge is 0.125 e. The van der Waals surface area contributed by atoms with Crippen molar-refractivity contribution in [2.45, 2.75) is 5.88 Å². The van der Waals surface area contributed by atoms with E-state index in [1.54, 1.807) is 18.4 Å². The highest BCUT2D eigenvalue weighted by Crippen LogP contribution is 2.37. The average Bonchev–Trinajstić information content (AvgIpc) is 2.66. The van der Waals surface area contributed by atoms with Crippen molar-refractivity contribution in [2.75, 3.05) is 7.11 Å². The first-order valence-corrected chi connectivity index (χ1v) is 5.85. The first-order chi connectivity index (χ1) is 6.77. The summed E-state index contributed by atoms with van der Waals surface area (Å²) in [5, 5.41) is 3.82. The molecule has 14 heavy (non-hydrogen) atoms.